The average Bonchev–Trinajstić information content (AvgIpc) is 2.51. The number of amides is 1. The lowest BCUT2D eigenvalue weighted by Gasteiger charge is -2.32. The van der Waals surface area contributed by atoms with E-state index >= 15 is 0 Å². The molecule has 1 fully saturated rings. The molecule has 0 aromatic carbocycles. The molecule has 0 atom stereocenters. The molecule has 1 aliphatic rings. The number of rotatable bonds is 11. The standard InChI is InChI=1S/C17H30NO3/c1-2-3-5-9-17(20)18-12-10-16(11-13-18)8-6-4-7-14-21-15-19/h16H,2-14H2,1H3. The molecule has 0 aliphatic carbocycles. The normalized spacial score (nSPS) is 16.0. The van der Waals surface area contributed by atoms with E-state index in [9.17, 15) is 9.59 Å². The van der Waals surface area contributed by atoms with Gasteiger partial charge in [-0.05, 0) is 31.6 Å². The molecule has 0 bridgehead atoms. The molecule has 0 aromatic heterocycles. The first-order valence-electron chi connectivity index (χ1n) is 8.54. The molecule has 121 valence electrons. The largest absolute Gasteiger partial charge is 0.457 e. The second kappa shape index (κ2) is 11.6. The van der Waals surface area contributed by atoms with E-state index in [2.05, 4.69) is 16.6 Å². The Hall–Kier alpha value is -1.06. The van der Waals surface area contributed by atoms with Gasteiger partial charge in [0, 0.05) is 19.5 Å². The molecule has 1 heterocycles. The van der Waals surface area contributed by atoms with Gasteiger partial charge in [-0.2, -0.15) is 0 Å². The van der Waals surface area contributed by atoms with Crippen molar-refractivity contribution < 1.29 is 14.3 Å². The summed E-state index contributed by atoms with van der Waals surface area (Å²) in [6, 6.07) is 0. The third-order valence-electron chi connectivity index (χ3n) is 4.38. The lowest BCUT2D eigenvalue weighted by atomic mass is 9.91. The number of ether oxygens (including phenoxy) is 1. The van der Waals surface area contributed by atoms with Crippen molar-refractivity contribution in [1.82, 2.24) is 4.90 Å². The van der Waals surface area contributed by atoms with Crippen LogP contribution in [0.5, 0.6) is 0 Å². The minimum Gasteiger partial charge on any atom is -0.457 e. The van der Waals surface area contributed by atoms with Crippen molar-refractivity contribution in [3.05, 3.63) is 0 Å². The fraction of sp³-hybridized carbons (Fsp3) is 0.882. The molecule has 1 saturated heterocycles. The Kier molecular flexibility index (Phi) is 9.92. The van der Waals surface area contributed by atoms with Gasteiger partial charge in [0.1, 0.15) is 0 Å². The highest BCUT2D eigenvalue weighted by atomic mass is 16.5. The predicted octanol–water partition coefficient (Wildman–Crippen LogP) is 3.45. The first-order valence-corrected chi connectivity index (χ1v) is 8.54. The van der Waals surface area contributed by atoms with Gasteiger partial charge in [-0.15, -0.1) is 0 Å². The number of nitrogens with zero attached hydrogens (tertiary/aromatic N) is 1. The van der Waals surface area contributed by atoms with Crippen LogP contribution in [-0.2, 0) is 14.3 Å². The third-order valence-corrected chi connectivity index (χ3v) is 4.38. The summed E-state index contributed by atoms with van der Waals surface area (Å²) < 4.78 is 4.56. The van der Waals surface area contributed by atoms with E-state index in [4.69, 9.17) is 0 Å². The molecule has 21 heavy (non-hydrogen) atoms. The molecule has 0 N–H and O–H groups in total. The quantitative estimate of drug-likeness (QED) is 0.549. The second-order valence-electron chi connectivity index (χ2n) is 6.06. The average molecular weight is 296 g/mol. The topological polar surface area (TPSA) is 46.6 Å². The SMILES string of the molecule is CCCCCC(=O)N1CCC(CCCCCO[C]=O)CC1. The summed E-state index contributed by atoms with van der Waals surface area (Å²) in [6.45, 7) is 6.00. The molecule has 1 rings (SSSR count). The second-order valence-corrected chi connectivity index (χ2v) is 6.06. The van der Waals surface area contributed by atoms with E-state index < -0.39 is 0 Å². The summed E-state index contributed by atoms with van der Waals surface area (Å²) in [5, 5.41) is 0. The van der Waals surface area contributed by atoms with Crippen LogP contribution in [-0.4, -0.2) is 37.0 Å². The highest BCUT2D eigenvalue weighted by Gasteiger charge is 2.21. The first kappa shape index (κ1) is 18.0. The summed E-state index contributed by atoms with van der Waals surface area (Å²) in [6.07, 6.45) is 10.9. The van der Waals surface area contributed by atoms with Crippen molar-refractivity contribution in [2.45, 2.75) is 71.1 Å². The lowest BCUT2D eigenvalue weighted by Crippen LogP contribution is -2.38. The summed E-state index contributed by atoms with van der Waals surface area (Å²) in [5.41, 5.74) is 0. The van der Waals surface area contributed by atoms with Crippen molar-refractivity contribution in [2.24, 2.45) is 5.92 Å². The fourth-order valence-corrected chi connectivity index (χ4v) is 2.98. The number of carbonyl (C=O) groups excluding carboxylic acids is 2. The van der Waals surface area contributed by atoms with Gasteiger partial charge >= 0.3 is 6.47 Å². The Morgan fingerprint density at radius 2 is 1.90 bits per heavy atom. The minimum atomic E-state index is 0.351. The van der Waals surface area contributed by atoms with Crippen LogP contribution in [0.4, 0.5) is 0 Å². The van der Waals surface area contributed by atoms with E-state index in [1.54, 1.807) is 0 Å². The highest BCUT2D eigenvalue weighted by molar-refractivity contribution is 5.76. The summed E-state index contributed by atoms with van der Waals surface area (Å²) in [4.78, 5) is 24.0. The van der Waals surface area contributed by atoms with E-state index in [0.29, 0.717) is 12.5 Å². The van der Waals surface area contributed by atoms with Gasteiger partial charge in [-0.1, -0.05) is 39.0 Å². The van der Waals surface area contributed by atoms with Gasteiger partial charge in [0.15, 0.2) is 0 Å². The van der Waals surface area contributed by atoms with E-state index in [-0.39, 0.29) is 0 Å². The van der Waals surface area contributed by atoms with Crippen LogP contribution in [0.3, 0.4) is 0 Å². The zero-order valence-corrected chi connectivity index (χ0v) is 13.4. The van der Waals surface area contributed by atoms with E-state index in [1.165, 1.54) is 25.7 Å². The first-order chi connectivity index (χ1) is 10.3. The van der Waals surface area contributed by atoms with Crippen molar-refractivity contribution in [3.63, 3.8) is 0 Å². The molecule has 0 saturated carbocycles. The van der Waals surface area contributed by atoms with Crippen molar-refractivity contribution in [1.29, 1.82) is 0 Å². The molecule has 0 spiro atoms. The zero-order valence-electron chi connectivity index (χ0n) is 13.4. The molecule has 1 amide bonds. The van der Waals surface area contributed by atoms with Gasteiger partial charge < -0.3 is 9.64 Å². The Morgan fingerprint density at radius 3 is 2.57 bits per heavy atom. The molecule has 0 aromatic rings. The molecule has 1 radical (unpaired) electrons. The van der Waals surface area contributed by atoms with Gasteiger partial charge in [-0.3, -0.25) is 4.79 Å². The van der Waals surface area contributed by atoms with Crippen LogP contribution in [0.25, 0.3) is 0 Å². The molecule has 0 unspecified atom stereocenters. The number of carbonyl (C=O) groups is 1. The van der Waals surface area contributed by atoms with Crippen LogP contribution in [0, 0.1) is 5.92 Å². The van der Waals surface area contributed by atoms with Crippen LogP contribution < -0.4 is 0 Å². The zero-order chi connectivity index (χ0) is 15.3. The maximum Gasteiger partial charge on any atom is 0.417 e. The van der Waals surface area contributed by atoms with Crippen molar-refractivity contribution in [2.75, 3.05) is 19.7 Å². The van der Waals surface area contributed by atoms with E-state index in [0.717, 1.165) is 64.0 Å². The Labute approximate surface area is 129 Å². The van der Waals surface area contributed by atoms with E-state index in [1.807, 2.05) is 0 Å². The van der Waals surface area contributed by atoms with Gasteiger partial charge in [0.2, 0.25) is 5.91 Å². The maximum atomic E-state index is 12.0. The number of likely N-dealkylation sites (tertiary alicyclic amines) is 1. The fourth-order valence-electron chi connectivity index (χ4n) is 2.98. The molecule has 4 nitrogen and oxygen atoms in total. The van der Waals surface area contributed by atoms with Crippen LogP contribution in [0.1, 0.15) is 71.1 Å². The Balaban J connectivity index is 2.03. The molecular formula is C17H30NO3. The number of hydrogen-bond donors (Lipinski definition) is 0. The van der Waals surface area contributed by atoms with Gasteiger partial charge in [0.05, 0.1) is 6.61 Å². The lowest BCUT2D eigenvalue weighted by molar-refractivity contribution is -0.132. The van der Waals surface area contributed by atoms with Gasteiger partial charge in [-0.25, -0.2) is 4.79 Å². The summed E-state index contributed by atoms with van der Waals surface area (Å²) in [5.74, 6) is 1.12. The summed E-state index contributed by atoms with van der Waals surface area (Å²) in [7, 11) is 0. The van der Waals surface area contributed by atoms with Crippen LogP contribution >= 0.6 is 0 Å². The van der Waals surface area contributed by atoms with Crippen molar-refractivity contribution in [3.8, 4) is 0 Å². The smallest absolute Gasteiger partial charge is 0.417 e. The van der Waals surface area contributed by atoms with Crippen LogP contribution in [0.15, 0.2) is 0 Å². The van der Waals surface area contributed by atoms with Gasteiger partial charge in [0.25, 0.3) is 0 Å². The monoisotopic (exact) mass is 296 g/mol. The number of hydrogen-bond acceptors (Lipinski definition) is 3. The molecular weight excluding hydrogens is 266 g/mol. The molecule has 1 aliphatic heterocycles. The Morgan fingerprint density at radius 1 is 1.14 bits per heavy atom. The maximum absolute atomic E-state index is 12.0. The summed E-state index contributed by atoms with van der Waals surface area (Å²) >= 11 is 0. The highest BCUT2D eigenvalue weighted by Crippen LogP contribution is 2.23. The van der Waals surface area contributed by atoms with Crippen LogP contribution in [0.2, 0.25) is 0 Å². The molecule has 4 heteroatoms. The Bertz CT molecular complexity index is 286. The number of piperidine rings is 1. The third kappa shape index (κ3) is 8.08. The predicted molar refractivity (Wildman–Crippen MR) is 83.6 cm³/mol. The number of unbranched alkanes of at least 4 members (excludes halogenated alkanes) is 4. The van der Waals surface area contributed by atoms with Crippen molar-refractivity contribution >= 4 is 12.4 Å². The minimum absolute atomic E-state index is 0.351.